The molecule has 1 radical (unpaired) electrons. The number of rotatable bonds is 1. The van der Waals surface area contributed by atoms with E-state index in [1.54, 1.807) is 18.2 Å². The molecule has 0 nitrogen and oxygen atoms in total. The molecule has 0 aromatic heterocycles. The lowest BCUT2D eigenvalue weighted by Crippen LogP contribution is -1.78. The summed E-state index contributed by atoms with van der Waals surface area (Å²) in [5, 5.41) is 0.673. The van der Waals surface area contributed by atoms with E-state index in [0.717, 1.165) is 11.1 Å². The summed E-state index contributed by atoms with van der Waals surface area (Å²) < 4.78 is 12.6. The Morgan fingerprint density at radius 3 is 2.57 bits per heavy atom. The Labute approximate surface area is 87.0 Å². The number of hydrogen-bond donors (Lipinski definition) is 0. The molecule has 0 aliphatic rings. The molecule has 0 atom stereocenters. The van der Waals surface area contributed by atoms with Gasteiger partial charge in [0.05, 0.1) is 0 Å². The first-order valence-electron chi connectivity index (χ1n) is 4.19. The van der Waals surface area contributed by atoms with Crippen molar-refractivity contribution in [3.05, 3.63) is 59.4 Å². The summed E-state index contributed by atoms with van der Waals surface area (Å²) in [5.74, 6) is -0.351. The summed E-state index contributed by atoms with van der Waals surface area (Å²) in [4.78, 5) is 0. The van der Waals surface area contributed by atoms with Crippen LogP contribution in [-0.4, -0.2) is 0 Å². The van der Waals surface area contributed by atoms with Crippen LogP contribution in [0.3, 0.4) is 0 Å². The Balaban J connectivity index is 2.44. The van der Waals surface area contributed by atoms with Crippen molar-refractivity contribution in [3.8, 4) is 11.1 Å². The standard InChI is InChI=1S/C12H7ClF/c13-11-3-1-2-10(8-11)9-4-6-12(14)7-5-9/h1-6,8H. The highest BCUT2D eigenvalue weighted by Gasteiger charge is 1.98. The van der Waals surface area contributed by atoms with Crippen molar-refractivity contribution in [1.82, 2.24) is 0 Å². The van der Waals surface area contributed by atoms with Gasteiger partial charge in [-0.25, -0.2) is 4.39 Å². The first kappa shape index (κ1) is 9.22. The van der Waals surface area contributed by atoms with Gasteiger partial charge in [0.1, 0.15) is 5.82 Å². The van der Waals surface area contributed by atoms with Crippen molar-refractivity contribution in [1.29, 1.82) is 0 Å². The maximum Gasteiger partial charge on any atom is 0.131 e. The van der Waals surface area contributed by atoms with E-state index in [-0.39, 0.29) is 5.82 Å². The molecule has 0 heterocycles. The van der Waals surface area contributed by atoms with Gasteiger partial charge in [-0.2, -0.15) is 0 Å². The summed E-state index contributed by atoms with van der Waals surface area (Å²) in [7, 11) is 0. The fraction of sp³-hybridized carbons (Fsp3) is 0. The molecule has 0 N–H and O–H groups in total. The molecule has 0 unspecified atom stereocenters. The summed E-state index contributed by atoms with van der Waals surface area (Å²) in [6, 6.07) is 14.6. The summed E-state index contributed by atoms with van der Waals surface area (Å²) in [6.45, 7) is 0. The van der Waals surface area contributed by atoms with Gasteiger partial charge >= 0.3 is 0 Å². The van der Waals surface area contributed by atoms with Crippen LogP contribution >= 0.6 is 11.6 Å². The van der Waals surface area contributed by atoms with Crippen molar-refractivity contribution in [2.24, 2.45) is 0 Å². The normalized spacial score (nSPS) is 10.1. The van der Waals surface area contributed by atoms with Crippen molar-refractivity contribution in [3.63, 3.8) is 0 Å². The van der Waals surface area contributed by atoms with Gasteiger partial charge in [0.15, 0.2) is 0 Å². The second-order valence-corrected chi connectivity index (χ2v) is 3.37. The maximum absolute atomic E-state index is 12.6. The molecule has 14 heavy (non-hydrogen) atoms. The largest absolute Gasteiger partial charge is 0.206 e. The van der Waals surface area contributed by atoms with Crippen LogP contribution in [0.1, 0.15) is 0 Å². The lowest BCUT2D eigenvalue weighted by Gasteiger charge is -2.01. The van der Waals surface area contributed by atoms with Crippen LogP contribution in [0, 0.1) is 11.9 Å². The Hall–Kier alpha value is -1.34. The van der Waals surface area contributed by atoms with Crippen LogP contribution in [0.2, 0.25) is 5.02 Å². The fourth-order valence-electron chi connectivity index (χ4n) is 1.25. The molecule has 0 bridgehead atoms. The van der Waals surface area contributed by atoms with E-state index < -0.39 is 0 Å². The Morgan fingerprint density at radius 1 is 1.07 bits per heavy atom. The lowest BCUT2D eigenvalue weighted by atomic mass is 10.1. The van der Waals surface area contributed by atoms with Crippen molar-refractivity contribution in [2.45, 2.75) is 0 Å². The third-order valence-corrected chi connectivity index (χ3v) is 2.17. The SMILES string of the molecule is Fc1[c]cc(-c2cccc(Cl)c2)cc1. The average Bonchev–Trinajstić information content (AvgIpc) is 2.19. The van der Waals surface area contributed by atoms with Crippen LogP contribution in [0.25, 0.3) is 11.1 Å². The van der Waals surface area contributed by atoms with Crippen molar-refractivity contribution < 1.29 is 4.39 Å². The molecule has 69 valence electrons. The zero-order valence-corrected chi connectivity index (χ0v) is 8.05. The van der Waals surface area contributed by atoms with Crippen molar-refractivity contribution in [2.75, 3.05) is 0 Å². The maximum atomic E-state index is 12.6. The predicted octanol–water partition coefficient (Wildman–Crippen LogP) is 3.95. The molecule has 0 fully saturated rings. The van der Waals surface area contributed by atoms with E-state index in [1.165, 1.54) is 6.07 Å². The lowest BCUT2D eigenvalue weighted by molar-refractivity contribution is 0.626. The van der Waals surface area contributed by atoms with E-state index in [2.05, 4.69) is 6.07 Å². The first-order valence-corrected chi connectivity index (χ1v) is 4.57. The number of benzene rings is 2. The molecule has 0 aliphatic heterocycles. The van der Waals surface area contributed by atoms with Crippen molar-refractivity contribution >= 4 is 11.6 Å². The highest BCUT2D eigenvalue weighted by molar-refractivity contribution is 6.30. The van der Waals surface area contributed by atoms with Crippen LogP contribution < -0.4 is 0 Å². The quantitative estimate of drug-likeness (QED) is 0.662. The van der Waals surface area contributed by atoms with E-state index in [9.17, 15) is 4.39 Å². The van der Waals surface area contributed by atoms with Gasteiger partial charge in [-0.1, -0.05) is 29.8 Å². The number of halogens is 2. The minimum Gasteiger partial charge on any atom is -0.206 e. The highest BCUT2D eigenvalue weighted by Crippen LogP contribution is 2.22. The molecule has 2 aromatic carbocycles. The van der Waals surface area contributed by atoms with Crippen LogP contribution in [0.4, 0.5) is 4.39 Å². The van der Waals surface area contributed by atoms with Gasteiger partial charge in [-0.15, -0.1) is 0 Å². The van der Waals surface area contributed by atoms with Crippen LogP contribution in [-0.2, 0) is 0 Å². The van der Waals surface area contributed by atoms with E-state index in [0.29, 0.717) is 5.02 Å². The third kappa shape index (κ3) is 1.94. The third-order valence-electron chi connectivity index (χ3n) is 1.93. The molecule has 2 heteroatoms. The van der Waals surface area contributed by atoms with Crippen LogP contribution in [0.5, 0.6) is 0 Å². The summed E-state index contributed by atoms with van der Waals surface area (Å²) >= 11 is 5.84. The van der Waals surface area contributed by atoms with Gasteiger partial charge in [-0.05, 0) is 35.4 Å². The molecular formula is C12H7ClF. The predicted molar refractivity (Wildman–Crippen MR) is 55.7 cm³/mol. The second-order valence-electron chi connectivity index (χ2n) is 2.94. The minimum absolute atomic E-state index is 0.351. The Bertz CT molecular complexity index is 434. The molecule has 2 rings (SSSR count). The topological polar surface area (TPSA) is 0 Å². The molecule has 0 aliphatic carbocycles. The molecule has 0 saturated carbocycles. The minimum atomic E-state index is -0.351. The summed E-state index contributed by atoms with van der Waals surface area (Å²) in [5.41, 5.74) is 1.88. The monoisotopic (exact) mass is 205 g/mol. The Kier molecular flexibility index (Phi) is 2.51. The van der Waals surface area contributed by atoms with E-state index >= 15 is 0 Å². The smallest absolute Gasteiger partial charge is 0.131 e. The highest BCUT2D eigenvalue weighted by atomic mass is 35.5. The molecule has 0 saturated heterocycles. The van der Waals surface area contributed by atoms with Gasteiger partial charge in [0.25, 0.3) is 0 Å². The van der Waals surface area contributed by atoms with Gasteiger partial charge in [0, 0.05) is 11.1 Å². The van der Waals surface area contributed by atoms with Gasteiger partial charge < -0.3 is 0 Å². The van der Waals surface area contributed by atoms with E-state index in [1.807, 2.05) is 18.2 Å². The first-order chi connectivity index (χ1) is 6.75. The fourth-order valence-corrected chi connectivity index (χ4v) is 1.44. The van der Waals surface area contributed by atoms with E-state index in [4.69, 9.17) is 11.6 Å². The molecule has 0 amide bonds. The van der Waals surface area contributed by atoms with Crippen LogP contribution in [0.15, 0.2) is 42.5 Å². The Morgan fingerprint density at radius 2 is 1.93 bits per heavy atom. The van der Waals surface area contributed by atoms with Gasteiger partial charge in [0.2, 0.25) is 0 Å². The molecular weight excluding hydrogens is 199 g/mol. The zero-order valence-electron chi connectivity index (χ0n) is 7.30. The summed E-state index contributed by atoms with van der Waals surface area (Å²) in [6.07, 6.45) is 0. The average molecular weight is 206 g/mol. The molecule has 2 aromatic rings. The zero-order chi connectivity index (χ0) is 9.97. The van der Waals surface area contributed by atoms with Gasteiger partial charge in [-0.3, -0.25) is 0 Å². The number of hydrogen-bond acceptors (Lipinski definition) is 0. The molecule has 0 spiro atoms. The second kappa shape index (κ2) is 3.81.